The summed E-state index contributed by atoms with van der Waals surface area (Å²) in [7, 11) is 0. The minimum absolute atomic E-state index is 0.0176. The maximum absolute atomic E-state index is 13.4. The van der Waals surface area contributed by atoms with Gasteiger partial charge in [-0.15, -0.1) is 0 Å². The van der Waals surface area contributed by atoms with Crippen LogP contribution in [0.15, 0.2) is 36.7 Å². The molecule has 1 aromatic heterocycles. The number of alkyl halides is 3. The number of nitrogens with zero attached hydrogens (tertiary/aromatic N) is 4. The summed E-state index contributed by atoms with van der Waals surface area (Å²) in [5, 5.41) is 4.17. The highest BCUT2D eigenvalue weighted by Crippen LogP contribution is 2.60. The number of primary amides is 1. The van der Waals surface area contributed by atoms with Gasteiger partial charge in [0.25, 0.3) is 5.91 Å². The molecule has 2 N–H and O–H groups in total. The third kappa shape index (κ3) is 3.84. The standard InChI is InChI=1S/C23H23F4N5O3/c24-16-3-1-14(2-4-16)8-32-9-15(7-29-32)19(34)30-10-17(18(28)33)21(11-30)12-31(13-21)20(35)22(5-6-22)23(25,26)27/h1-4,7,9,17H,5-6,8,10-13H2,(H2,28,33). The molecule has 1 atom stereocenters. The molecule has 1 aliphatic carbocycles. The molecule has 186 valence electrons. The molecular formula is C23H23F4N5O3. The molecule has 3 amide bonds. The van der Waals surface area contributed by atoms with E-state index in [1.807, 2.05) is 0 Å². The van der Waals surface area contributed by atoms with Crippen molar-refractivity contribution in [1.82, 2.24) is 19.6 Å². The zero-order chi connectivity index (χ0) is 25.2. The molecule has 0 bridgehead atoms. The van der Waals surface area contributed by atoms with E-state index in [4.69, 9.17) is 5.73 Å². The van der Waals surface area contributed by atoms with Crippen molar-refractivity contribution in [3.8, 4) is 0 Å². The maximum atomic E-state index is 13.4. The number of amides is 3. The van der Waals surface area contributed by atoms with Crippen molar-refractivity contribution in [1.29, 1.82) is 0 Å². The molecule has 1 spiro atoms. The van der Waals surface area contributed by atoms with Gasteiger partial charge in [-0.05, 0) is 30.5 Å². The van der Waals surface area contributed by atoms with Crippen LogP contribution in [0.25, 0.3) is 0 Å². The van der Waals surface area contributed by atoms with Gasteiger partial charge in [-0.1, -0.05) is 12.1 Å². The monoisotopic (exact) mass is 493 g/mol. The number of aromatic nitrogens is 2. The largest absolute Gasteiger partial charge is 0.403 e. The molecule has 1 unspecified atom stereocenters. The zero-order valence-corrected chi connectivity index (χ0v) is 18.6. The van der Waals surface area contributed by atoms with Crippen LogP contribution in [0, 0.1) is 22.6 Å². The molecule has 2 saturated heterocycles. The Morgan fingerprint density at radius 1 is 1.06 bits per heavy atom. The van der Waals surface area contributed by atoms with Gasteiger partial charge in [0.1, 0.15) is 11.2 Å². The van der Waals surface area contributed by atoms with E-state index in [0.29, 0.717) is 6.54 Å². The SMILES string of the molecule is NC(=O)C1CN(C(=O)c2cnn(Cc3ccc(F)cc3)c2)CC12CN(C(=O)C1(C(F)(F)F)CC1)C2. The number of halogens is 4. The number of benzene rings is 1. The van der Waals surface area contributed by atoms with Crippen molar-refractivity contribution in [2.24, 2.45) is 22.5 Å². The van der Waals surface area contributed by atoms with Gasteiger partial charge in [0.15, 0.2) is 0 Å². The van der Waals surface area contributed by atoms with Crippen molar-refractivity contribution in [3.05, 3.63) is 53.6 Å². The van der Waals surface area contributed by atoms with E-state index < -0.39 is 40.6 Å². The quantitative estimate of drug-likeness (QED) is 0.642. The second-order valence-corrected chi connectivity index (χ2v) is 9.80. The van der Waals surface area contributed by atoms with Crippen LogP contribution in [0.5, 0.6) is 0 Å². The van der Waals surface area contributed by atoms with Crippen LogP contribution in [0.2, 0.25) is 0 Å². The zero-order valence-electron chi connectivity index (χ0n) is 18.6. The number of hydrogen-bond donors (Lipinski definition) is 1. The minimum Gasteiger partial charge on any atom is -0.369 e. The van der Waals surface area contributed by atoms with E-state index in [-0.39, 0.29) is 50.4 Å². The van der Waals surface area contributed by atoms with Crippen LogP contribution < -0.4 is 5.73 Å². The normalized spacial score (nSPS) is 22.2. The Kier molecular flexibility index (Phi) is 5.19. The van der Waals surface area contributed by atoms with Crippen molar-refractivity contribution >= 4 is 17.7 Å². The number of rotatable bonds is 5. The van der Waals surface area contributed by atoms with Gasteiger partial charge in [-0.25, -0.2) is 4.39 Å². The summed E-state index contributed by atoms with van der Waals surface area (Å²) in [4.78, 5) is 40.4. The molecule has 8 nitrogen and oxygen atoms in total. The first-order valence-corrected chi connectivity index (χ1v) is 11.2. The van der Waals surface area contributed by atoms with Crippen LogP contribution in [0.4, 0.5) is 17.6 Å². The summed E-state index contributed by atoms with van der Waals surface area (Å²) in [6.07, 6.45) is -2.16. The highest BCUT2D eigenvalue weighted by Gasteiger charge is 2.71. The molecule has 3 fully saturated rings. The van der Waals surface area contributed by atoms with Gasteiger partial charge in [0.05, 0.1) is 24.2 Å². The van der Waals surface area contributed by atoms with E-state index in [2.05, 4.69) is 5.10 Å². The lowest BCUT2D eigenvalue weighted by Gasteiger charge is -2.51. The van der Waals surface area contributed by atoms with Gasteiger partial charge < -0.3 is 15.5 Å². The lowest BCUT2D eigenvalue weighted by Crippen LogP contribution is -2.65. The van der Waals surface area contributed by atoms with E-state index in [1.165, 1.54) is 34.1 Å². The van der Waals surface area contributed by atoms with Crippen LogP contribution in [-0.2, 0) is 16.1 Å². The summed E-state index contributed by atoms with van der Waals surface area (Å²) >= 11 is 0. The fourth-order valence-electron chi connectivity index (χ4n) is 5.26. The fourth-order valence-corrected chi connectivity index (χ4v) is 5.26. The molecule has 2 aromatic rings. The smallest absolute Gasteiger partial charge is 0.369 e. The molecule has 3 heterocycles. The maximum Gasteiger partial charge on any atom is 0.403 e. The van der Waals surface area contributed by atoms with Gasteiger partial charge in [-0.2, -0.15) is 18.3 Å². The highest BCUT2D eigenvalue weighted by atomic mass is 19.4. The first kappa shape index (κ1) is 23.3. The van der Waals surface area contributed by atoms with Gasteiger partial charge >= 0.3 is 6.18 Å². The Balaban J connectivity index is 1.27. The average molecular weight is 493 g/mol. The Hall–Kier alpha value is -3.44. The fraction of sp³-hybridized carbons (Fsp3) is 0.478. The number of hydrogen-bond acceptors (Lipinski definition) is 4. The summed E-state index contributed by atoms with van der Waals surface area (Å²) in [6.45, 7) is 0.338. The molecule has 35 heavy (non-hydrogen) atoms. The summed E-state index contributed by atoms with van der Waals surface area (Å²) in [5.74, 6) is -3.15. The van der Waals surface area contributed by atoms with E-state index in [1.54, 1.807) is 12.1 Å². The molecular weight excluding hydrogens is 470 g/mol. The summed E-state index contributed by atoms with van der Waals surface area (Å²) < 4.78 is 54.7. The number of carbonyl (C=O) groups excluding carboxylic acids is 3. The second-order valence-electron chi connectivity index (χ2n) is 9.80. The summed E-state index contributed by atoms with van der Waals surface area (Å²) in [5.41, 5.74) is 3.45. The topological polar surface area (TPSA) is 102 Å². The third-order valence-electron chi connectivity index (χ3n) is 7.42. The first-order valence-electron chi connectivity index (χ1n) is 11.2. The van der Waals surface area contributed by atoms with E-state index in [0.717, 1.165) is 10.5 Å². The Labute approximate surface area is 197 Å². The van der Waals surface area contributed by atoms with E-state index in [9.17, 15) is 31.9 Å². The average Bonchev–Trinajstić information content (AvgIpc) is 3.31. The number of carbonyl (C=O) groups is 3. The number of likely N-dealkylation sites (tertiary alicyclic amines) is 2. The van der Waals surface area contributed by atoms with Gasteiger partial charge in [-0.3, -0.25) is 19.1 Å². The molecule has 12 heteroatoms. The lowest BCUT2D eigenvalue weighted by molar-refractivity contribution is -0.205. The minimum atomic E-state index is -4.61. The molecule has 2 aliphatic heterocycles. The van der Waals surface area contributed by atoms with Gasteiger partial charge in [0, 0.05) is 37.8 Å². The predicted molar refractivity (Wildman–Crippen MR) is 113 cm³/mol. The van der Waals surface area contributed by atoms with Crippen LogP contribution in [-0.4, -0.2) is 69.7 Å². The van der Waals surface area contributed by atoms with Crippen LogP contribution in [0.3, 0.4) is 0 Å². The predicted octanol–water partition coefficient (Wildman–Crippen LogP) is 1.80. The highest BCUT2D eigenvalue weighted by molar-refractivity contribution is 5.95. The van der Waals surface area contributed by atoms with Crippen molar-refractivity contribution in [2.75, 3.05) is 26.2 Å². The third-order valence-corrected chi connectivity index (χ3v) is 7.42. The lowest BCUT2D eigenvalue weighted by atomic mass is 9.70. The van der Waals surface area contributed by atoms with E-state index >= 15 is 0 Å². The van der Waals surface area contributed by atoms with Crippen molar-refractivity contribution in [2.45, 2.75) is 25.6 Å². The molecule has 5 rings (SSSR count). The second kappa shape index (κ2) is 7.79. The van der Waals surface area contributed by atoms with Crippen LogP contribution >= 0.6 is 0 Å². The van der Waals surface area contributed by atoms with Gasteiger partial charge in [0.2, 0.25) is 11.8 Å². The van der Waals surface area contributed by atoms with Crippen LogP contribution in [0.1, 0.15) is 28.8 Å². The summed E-state index contributed by atoms with van der Waals surface area (Å²) in [6, 6.07) is 5.86. The molecule has 0 radical (unpaired) electrons. The Morgan fingerprint density at radius 2 is 1.69 bits per heavy atom. The first-order chi connectivity index (χ1) is 16.4. The molecule has 3 aliphatic rings. The molecule has 1 saturated carbocycles. The van der Waals surface area contributed by atoms with Crippen molar-refractivity contribution in [3.63, 3.8) is 0 Å². The Bertz CT molecular complexity index is 1180. The number of nitrogens with two attached hydrogens (primary N) is 1. The Morgan fingerprint density at radius 3 is 2.26 bits per heavy atom. The molecule has 1 aromatic carbocycles. The van der Waals surface area contributed by atoms with Crippen molar-refractivity contribution < 1.29 is 31.9 Å².